The van der Waals surface area contributed by atoms with Crippen LogP contribution in [0.3, 0.4) is 0 Å². The van der Waals surface area contributed by atoms with Gasteiger partial charge in [0.15, 0.2) is 0 Å². The molecule has 0 saturated heterocycles. The van der Waals surface area contributed by atoms with Crippen LogP contribution in [0.15, 0.2) is 30.5 Å². The number of carbonyl (C=O) groups excluding carboxylic acids is 1. The van der Waals surface area contributed by atoms with Crippen molar-refractivity contribution in [3.8, 4) is 5.88 Å². The maximum atomic E-state index is 12.1. The molecule has 1 aliphatic carbocycles. The van der Waals surface area contributed by atoms with E-state index in [1.54, 1.807) is 12.1 Å². The molecule has 1 N–H and O–H groups in total. The number of carbonyl (C=O) groups is 1. The Bertz CT molecular complexity index is 663. The maximum absolute atomic E-state index is 12.1. The molecule has 4 nitrogen and oxygen atoms in total. The van der Waals surface area contributed by atoms with Gasteiger partial charge < -0.3 is 10.1 Å². The summed E-state index contributed by atoms with van der Waals surface area (Å²) in [5, 5.41) is 3.08. The Morgan fingerprint density at radius 3 is 2.65 bits per heavy atom. The van der Waals surface area contributed by atoms with E-state index in [1.807, 2.05) is 25.3 Å². The average Bonchev–Trinajstić information content (AvgIpc) is 2.98. The van der Waals surface area contributed by atoms with E-state index in [1.165, 1.54) is 11.3 Å². The van der Waals surface area contributed by atoms with Gasteiger partial charge >= 0.3 is 0 Å². The van der Waals surface area contributed by atoms with E-state index in [2.05, 4.69) is 10.3 Å². The van der Waals surface area contributed by atoms with Crippen molar-refractivity contribution >= 4 is 28.8 Å². The van der Waals surface area contributed by atoms with E-state index in [9.17, 15) is 4.79 Å². The van der Waals surface area contributed by atoms with Crippen LogP contribution in [0.5, 0.6) is 5.88 Å². The van der Waals surface area contributed by atoms with Crippen molar-refractivity contribution in [1.29, 1.82) is 0 Å². The molecule has 0 atom stereocenters. The van der Waals surface area contributed by atoms with Crippen LogP contribution in [0.2, 0.25) is 4.34 Å². The molecule has 6 heteroatoms. The van der Waals surface area contributed by atoms with Crippen LogP contribution in [-0.4, -0.2) is 23.0 Å². The second-order valence-electron chi connectivity index (χ2n) is 5.84. The normalized spacial score (nSPS) is 21.0. The molecule has 122 valence electrons. The molecule has 1 aliphatic rings. The molecule has 2 heterocycles. The van der Waals surface area contributed by atoms with Crippen molar-refractivity contribution in [1.82, 2.24) is 10.3 Å². The van der Waals surface area contributed by atoms with Gasteiger partial charge in [0.05, 0.1) is 9.21 Å². The Labute approximate surface area is 144 Å². The lowest BCUT2D eigenvalue weighted by Gasteiger charge is -2.29. The Balaban J connectivity index is 1.46. The Morgan fingerprint density at radius 2 is 2.04 bits per heavy atom. The predicted octanol–water partition coefficient (Wildman–Crippen LogP) is 4.22. The highest BCUT2D eigenvalue weighted by molar-refractivity contribution is 7.17. The summed E-state index contributed by atoms with van der Waals surface area (Å²) in [6.45, 7) is 2.01. The number of aryl methyl sites for hydroxylation is 1. The van der Waals surface area contributed by atoms with Crippen LogP contribution < -0.4 is 10.1 Å². The van der Waals surface area contributed by atoms with Gasteiger partial charge in [-0.15, -0.1) is 11.3 Å². The topological polar surface area (TPSA) is 51.2 Å². The quantitative estimate of drug-likeness (QED) is 0.897. The molecule has 0 spiro atoms. The van der Waals surface area contributed by atoms with Gasteiger partial charge in [-0.1, -0.05) is 17.7 Å². The molecular formula is C17H19ClN2O2S. The van der Waals surface area contributed by atoms with Gasteiger partial charge in [0.1, 0.15) is 6.10 Å². The first-order valence-electron chi connectivity index (χ1n) is 7.75. The van der Waals surface area contributed by atoms with E-state index in [0.717, 1.165) is 31.2 Å². The fourth-order valence-corrected chi connectivity index (χ4v) is 3.66. The minimum absolute atomic E-state index is 0.0357. The number of pyridine rings is 1. The molecule has 2 aromatic heterocycles. The van der Waals surface area contributed by atoms with Crippen LogP contribution in [0.4, 0.5) is 0 Å². The molecule has 1 fully saturated rings. The number of thiophene rings is 1. The van der Waals surface area contributed by atoms with Gasteiger partial charge in [-0.3, -0.25) is 4.79 Å². The van der Waals surface area contributed by atoms with Crippen molar-refractivity contribution < 1.29 is 9.53 Å². The first-order chi connectivity index (χ1) is 11.1. The molecule has 2 aromatic rings. The second kappa shape index (κ2) is 7.32. The monoisotopic (exact) mass is 350 g/mol. The summed E-state index contributed by atoms with van der Waals surface area (Å²) in [6, 6.07) is 7.62. The highest BCUT2D eigenvalue weighted by Gasteiger charge is 2.24. The van der Waals surface area contributed by atoms with Crippen molar-refractivity contribution in [2.75, 3.05) is 0 Å². The second-order valence-corrected chi connectivity index (χ2v) is 7.56. The van der Waals surface area contributed by atoms with Gasteiger partial charge in [0.2, 0.25) is 5.88 Å². The maximum Gasteiger partial charge on any atom is 0.261 e. The molecule has 0 unspecified atom stereocenters. The lowest BCUT2D eigenvalue weighted by molar-refractivity contribution is 0.0894. The molecule has 0 aliphatic heterocycles. The highest BCUT2D eigenvalue weighted by atomic mass is 35.5. The standard InChI is InChI=1S/C17H19ClN2O2S/c1-11-2-9-16(19-10-11)22-13-5-3-12(4-6-13)20-17(21)14-7-8-15(18)23-14/h2,7-10,12-13H,3-6H2,1H3,(H,20,21). The SMILES string of the molecule is Cc1ccc(OC2CCC(NC(=O)c3ccc(Cl)s3)CC2)nc1. The summed E-state index contributed by atoms with van der Waals surface area (Å²) in [6.07, 6.45) is 5.67. The highest BCUT2D eigenvalue weighted by Crippen LogP contribution is 2.25. The number of nitrogens with zero attached hydrogens (tertiary/aromatic N) is 1. The Kier molecular flexibility index (Phi) is 5.18. The van der Waals surface area contributed by atoms with E-state index in [4.69, 9.17) is 16.3 Å². The molecule has 3 rings (SSSR count). The minimum Gasteiger partial charge on any atom is -0.474 e. The largest absolute Gasteiger partial charge is 0.474 e. The minimum atomic E-state index is -0.0357. The zero-order valence-corrected chi connectivity index (χ0v) is 14.5. The summed E-state index contributed by atoms with van der Waals surface area (Å²) in [7, 11) is 0. The first-order valence-corrected chi connectivity index (χ1v) is 8.95. The van der Waals surface area contributed by atoms with Crippen molar-refractivity contribution in [2.24, 2.45) is 0 Å². The van der Waals surface area contributed by atoms with Crippen LogP contribution >= 0.6 is 22.9 Å². The average molecular weight is 351 g/mol. The zero-order chi connectivity index (χ0) is 16.2. The molecular weight excluding hydrogens is 332 g/mol. The van der Waals surface area contributed by atoms with Gasteiger partial charge in [-0.05, 0) is 50.3 Å². The van der Waals surface area contributed by atoms with Gasteiger partial charge in [-0.2, -0.15) is 0 Å². The van der Waals surface area contributed by atoms with Crippen LogP contribution in [0, 0.1) is 6.92 Å². The number of hydrogen-bond acceptors (Lipinski definition) is 4. The molecule has 1 saturated carbocycles. The van der Waals surface area contributed by atoms with Gasteiger partial charge in [-0.25, -0.2) is 4.98 Å². The number of halogens is 1. The third kappa shape index (κ3) is 4.45. The zero-order valence-electron chi connectivity index (χ0n) is 12.9. The van der Waals surface area contributed by atoms with E-state index >= 15 is 0 Å². The number of rotatable bonds is 4. The van der Waals surface area contributed by atoms with Crippen LogP contribution in [0.25, 0.3) is 0 Å². The number of ether oxygens (including phenoxy) is 1. The molecule has 0 bridgehead atoms. The van der Waals surface area contributed by atoms with Crippen molar-refractivity contribution in [3.05, 3.63) is 45.2 Å². The third-order valence-electron chi connectivity index (χ3n) is 3.98. The summed E-state index contributed by atoms with van der Waals surface area (Å²) in [5.41, 5.74) is 1.12. The van der Waals surface area contributed by atoms with Gasteiger partial charge in [0, 0.05) is 18.3 Å². The summed E-state index contributed by atoms with van der Waals surface area (Å²) < 4.78 is 6.55. The number of amides is 1. The lowest BCUT2D eigenvalue weighted by atomic mass is 9.93. The number of hydrogen-bond donors (Lipinski definition) is 1. The van der Waals surface area contributed by atoms with Crippen LogP contribution in [0.1, 0.15) is 40.9 Å². The Morgan fingerprint density at radius 1 is 1.26 bits per heavy atom. The van der Waals surface area contributed by atoms with Crippen molar-refractivity contribution in [3.63, 3.8) is 0 Å². The third-order valence-corrected chi connectivity index (χ3v) is 5.21. The van der Waals surface area contributed by atoms with Gasteiger partial charge in [0.25, 0.3) is 5.91 Å². The number of aromatic nitrogens is 1. The number of nitrogens with one attached hydrogen (secondary N) is 1. The fraction of sp³-hybridized carbons (Fsp3) is 0.412. The summed E-state index contributed by atoms with van der Waals surface area (Å²) in [5.74, 6) is 0.641. The molecule has 1 amide bonds. The molecule has 23 heavy (non-hydrogen) atoms. The lowest BCUT2D eigenvalue weighted by Crippen LogP contribution is -2.39. The molecule has 0 aromatic carbocycles. The Hall–Kier alpha value is -1.59. The van der Waals surface area contributed by atoms with Crippen LogP contribution in [-0.2, 0) is 0 Å². The van der Waals surface area contributed by atoms with E-state index < -0.39 is 0 Å². The smallest absolute Gasteiger partial charge is 0.261 e. The summed E-state index contributed by atoms with van der Waals surface area (Å²) >= 11 is 7.18. The van der Waals surface area contributed by atoms with Crippen molar-refractivity contribution in [2.45, 2.75) is 44.8 Å². The fourth-order valence-electron chi connectivity index (χ4n) is 2.71. The van der Waals surface area contributed by atoms with E-state index in [-0.39, 0.29) is 18.1 Å². The first kappa shape index (κ1) is 16.3. The summed E-state index contributed by atoms with van der Waals surface area (Å²) in [4.78, 5) is 17.1. The predicted molar refractivity (Wildman–Crippen MR) is 92.4 cm³/mol. The molecule has 0 radical (unpaired) electrons. The van der Waals surface area contributed by atoms with E-state index in [0.29, 0.717) is 15.1 Å².